The Labute approximate surface area is 165 Å². The molecule has 1 heterocycles. The summed E-state index contributed by atoms with van der Waals surface area (Å²) in [5, 5.41) is 13.6. The Morgan fingerprint density at radius 3 is 2.61 bits per heavy atom. The zero-order valence-corrected chi connectivity index (χ0v) is 16.6. The van der Waals surface area contributed by atoms with Gasteiger partial charge in [-0.2, -0.15) is 0 Å². The second kappa shape index (κ2) is 11.1. The Morgan fingerprint density at radius 2 is 1.93 bits per heavy atom. The maximum absolute atomic E-state index is 12.1. The van der Waals surface area contributed by atoms with Gasteiger partial charge in [-0.25, -0.2) is 4.79 Å². The molecule has 0 aliphatic heterocycles. The number of carbonyl (C=O) groups excluding carboxylic acids is 2. The maximum atomic E-state index is 12.1. The minimum atomic E-state index is -0.471. The van der Waals surface area contributed by atoms with Crippen molar-refractivity contribution < 1.29 is 18.7 Å². The fourth-order valence-electron chi connectivity index (χ4n) is 2.70. The highest BCUT2D eigenvalue weighted by atomic mass is 16.5. The number of alkyl carbamates (subject to hydrolysis) is 1. The molecular weight excluding hydrogens is 360 g/mol. The van der Waals surface area contributed by atoms with E-state index < -0.39 is 6.09 Å². The van der Waals surface area contributed by atoms with Gasteiger partial charge in [-0.1, -0.05) is 32.0 Å². The highest BCUT2D eigenvalue weighted by Gasteiger charge is 2.16. The van der Waals surface area contributed by atoms with Crippen molar-refractivity contribution in [3.05, 3.63) is 36.2 Å². The zero-order valence-electron chi connectivity index (χ0n) is 16.6. The van der Waals surface area contributed by atoms with Gasteiger partial charge in [-0.15, -0.1) is 10.2 Å². The predicted molar refractivity (Wildman–Crippen MR) is 104 cm³/mol. The molecule has 8 nitrogen and oxygen atoms in total. The molecule has 1 unspecified atom stereocenters. The lowest BCUT2D eigenvalue weighted by atomic mass is 10.0. The van der Waals surface area contributed by atoms with E-state index in [0.29, 0.717) is 37.3 Å². The number of ether oxygens (including phenoxy) is 1. The summed E-state index contributed by atoms with van der Waals surface area (Å²) in [6.45, 7) is 6.51. The van der Waals surface area contributed by atoms with E-state index in [2.05, 4.69) is 34.7 Å². The van der Waals surface area contributed by atoms with Crippen LogP contribution in [0.2, 0.25) is 0 Å². The van der Waals surface area contributed by atoms with E-state index in [-0.39, 0.29) is 18.4 Å². The molecular formula is C20H28N4O4. The van der Waals surface area contributed by atoms with E-state index in [0.717, 1.165) is 12.0 Å². The largest absolute Gasteiger partial charge is 0.450 e. The van der Waals surface area contributed by atoms with Crippen molar-refractivity contribution in [1.29, 1.82) is 0 Å². The molecule has 0 saturated heterocycles. The SMILES string of the molecule is CCOC(=O)NC(CNC(=O)CCc1nnc(-c2ccccc2)o1)CC(C)C. The smallest absolute Gasteiger partial charge is 0.407 e. The first-order valence-corrected chi connectivity index (χ1v) is 9.55. The molecule has 2 N–H and O–H groups in total. The Morgan fingerprint density at radius 1 is 1.18 bits per heavy atom. The first-order valence-electron chi connectivity index (χ1n) is 9.55. The van der Waals surface area contributed by atoms with Crippen LogP contribution in [-0.2, 0) is 16.0 Å². The number of rotatable bonds is 10. The quantitative estimate of drug-likeness (QED) is 0.648. The number of nitrogens with one attached hydrogen (secondary N) is 2. The number of hydrogen-bond acceptors (Lipinski definition) is 6. The average molecular weight is 388 g/mol. The normalized spacial score (nSPS) is 11.9. The Balaban J connectivity index is 1.79. The van der Waals surface area contributed by atoms with E-state index in [9.17, 15) is 9.59 Å². The van der Waals surface area contributed by atoms with Crippen LogP contribution in [0.4, 0.5) is 4.79 Å². The first-order chi connectivity index (χ1) is 13.5. The molecule has 0 spiro atoms. The van der Waals surface area contributed by atoms with Gasteiger partial charge >= 0.3 is 6.09 Å². The van der Waals surface area contributed by atoms with Gasteiger partial charge in [0.15, 0.2) is 0 Å². The molecule has 1 atom stereocenters. The van der Waals surface area contributed by atoms with Gasteiger partial charge in [-0.05, 0) is 31.4 Å². The number of amides is 2. The summed E-state index contributed by atoms with van der Waals surface area (Å²) in [4.78, 5) is 23.8. The molecule has 0 fully saturated rings. The summed E-state index contributed by atoms with van der Waals surface area (Å²) >= 11 is 0. The number of benzene rings is 1. The monoisotopic (exact) mass is 388 g/mol. The number of aromatic nitrogens is 2. The minimum Gasteiger partial charge on any atom is -0.450 e. The molecule has 0 saturated carbocycles. The summed E-state index contributed by atoms with van der Waals surface area (Å²) in [6, 6.07) is 9.28. The highest BCUT2D eigenvalue weighted by molar-refractivity contribution is 5.76. The Hall–Kier alpha value is -2.90. The van der Waals surface area contributed by atoms with Crippen molar-refractivity contribution in [2.24, 2.45) is 5.92 Å². The average Bonchev–Trinajstić information content (AvgIpc) is 3.14. The summed E-state index contributed by atoms with van der Waals surface area (Å²) in [7, 11) is 0. The molecule has 0 bridgehead atoms. The lowest BCUT2D eigenvalue weighted by Gasteiger charge is -2.20. The van der Waals surface area contributed by atoms with Crippen LogP contribution >= 0.6 is 0 Å². The van der Waals surface area contributed by atoms with Gasteiger partial charge in [0.1, 0.15) is 0 Å². The molecule has 1 aromatic heterocycles. The van der Waals surface area contributed by atoms with Gasteiger partial charge in [0.05, 0.1) is 6.61 Å². The third kappa shape index (κ3) is 7.38. The first kappa shape index (κ1) is 21.4. The van der Waals surface area contributed by atoms with Crippen LogP contribution in [0.3, 0.4) is 0 Å². The molecule has 2 amide bonds. The molecule has 152 valence electrons. The van der Waals surface area contributed by atoms with Crippen LogP contribution in [-0.4, -0.2) is 41.4 Å². The summed E-state index contributed by atoms with van der Waals surface area (Å²) in [5.41, 5.74) is 0.840. The molecule has 0 aliphatic carbocycles. The van der Waals surface area contributed by atoms with Crippen LogP contribution in [0.15, 0.2) is 34.7 Å². The van der Waals surface area contributed by atoms with Crippen LogP contribution in [0.1, 0.15) is 39.5 Å². The van der Waals surface area contributed by atoms with Crippen LogP contribution in [0.5, 0.6) is 0 Å². The maximum Gasteiger partial charge on any atom is 0.407 e. The fraction of sp³-hybridized carbons (Fsp3) is 0.500. The summed E-state index contributed by atoms with van der Waals surface area (Å²) < 4.78 is 10.5. The Kier molecular flexibility index (Phi) is 8.45. The van der Waals surface area contributed by atoms with Crippen molar-refractivity contribution >= 4 is 12.0 Å². The van der Waals surface area contributed by atoms with Crippen LogP contribution in [0.25, 0.3) is 11.5 Å². The van der Waals surface area contributed by atoms with Crippen molar-refractivity contribution in [3.8, 4) is 11.5 Å². The summed E-state index contributed by atoms with van der Waals surface area (Å²) in [6.07, 6.45) is 0.848. The van der Waals surface area contributed by atoms with E-state index >= 15 is 0 Å². The minimum absolute atomic E-state index is 0.140. The van der Waals surface area contributed by atoms with Crippen molar-refractivity contribution in [3.63, 3.8) is 0 Å². The number of aryl methyl sites for hydroxylation is 1. The fourth-order valence-corrected chi connectivity index (χ4v) is 2.70. The molecule has 2 rings (SSSR count). The van der Waals surface area contributed by atoms with Gasteiger partial charge in [0, 0.05) is 31.0 Å². The van der Waals surface area contributed by atoms with Crippen LogP contribution in [0, 0.1) is 5.92 Å². The molecule has 1 aromatic carbocycles. The van der Waals surface area contributed by atoms with Crippen molar-refractivity contribution in [2.45, 2.75) is 46.1 Å². The number of carbonyl (C=O) groups is 2. The topological polar surface area (TPSA) is 106 Å². The van der Waals surface area contributed by atoms with E-state index in [1.165, 1.54) is 0 Å². The Bertz CT molecular complexity index is 746. The van der Waals surface area contributed by atoms with Gasteiger partial charge in [-0.3, -0.25) is 4.79 Å². The molecule has 0 radical (unpaired) electrons. The predicted octanol–water partition coefficient (Wildman–Crippen LogP) is 2.95. The summed E-state index contributed by atoms with van der Waals surface area (Å²) in [5.74, 6) is 1.08. The molecule has 0 aliphatic rings. The standard InChI is InChI=1S/C20H28N4O4/c1-4-27-20(26)22-16(12-14(2)3)13-21-17(25)10-11-18-23-24-19(28-18)15-8-6-5-7-9-15/h5-9,14,16H,4,10-13H2,1-3H3,(H,21,25)(H,22,26). The zero-order chi connectivity index (χ0) is 20.4. The number of hydrogen-bond donors (Lipinski definition) is 2. The van der Waals surface area contributed by atoms with E-state index in [1.54, 1.807) is 6.92 Å². The molecule has 28 heavy (non-hydrogen) atoms. The van der Waals surface area contributed by atoms with E-state index in [1.807, 2.05) is 30.3 Å². The van der Waals surface area contributed by atoms with Gasteiger partial charge < -0.3 is 19.8 Å². The number of nitrogens with zero attached hydrogens (tertiary/aromatic N) is 2. The van der Waals surface area contributed by atoms with E-state index in [4.69, 9.17) is 9.15 Å². The highest BCUT2D eigenvalue weighted by Crippen LogP contribution is 2.17. The molecule has 8 heteroatoms. The van der Waals surface area contributed by atoms with Crippen LogP contribution < -0.4 is 10.6 Å². The van der Waals surface area contributed by atoms with Crippen molar-refractivity contribution in [1.82, 2.24) is 20.8 Å². The second-order valence-electron chi connectivity index (χ2n) is 6.86. The van der Waals surface area contributed by atoms with Gasteiger partial charge in [0.25, 0.3) is 0 Å². The van der Waals surface area contributed by atoms with Crippen molar-refractivity contribution in [2.75, 3.05) is 13.2 Å². The lowest BCUT2D eigenvalue weighted by Crippen LogP contribution is -2.44. The second-order valence-corrected chi connectivity index (χ2v) is 6.86. The lowest BCUT2D eigenvalue weighted by molar-refractivity contribution is -0.121. The third-order valence-corrected chi connectivity index (χ3v) is 3.95. The molecule has 2 aromatic rings. The van der Waals surface area contributed by atoms with Gasteiger partial charge in [0.2, 0.25) is 17.7 Å². The third-order valence-electron chi connectivity index (χ3n) is 3.95.